The van der Waals surface area contributed by atoms with Gasteiger partial charge in [-0.15, -0.1) is 0 Å². The highest BCUT2D eigenvalue weighted by Gasteiger charge is 2.18. The molecule has 0 saturated heterocycles. The molecular formula is C19H21NO3. The number of benzene rings is 2. The number of aliphatic imine (C=N–C) groups is 1. The lowest BCUT2D eigenvalue weighted by molar-refractivity contribution is 0.158. The van der Waals surface area contributed by atoms with Crippen LogP contribution in [0.15, 0.2) is 47.5 Å². The summed E-state index contributed by atoms with van der Waals surface area (Å²) in [5.41, 5.74) is 4.47. The lowest BCUT2D eigenvalue weighted by atomic mass is 9.97. The summed E-state index contributed by atoms with van der Waals surface area (Å²) in [5, 5.41) is 0. The number of hydrogen-bond acceptors (Lipinski definition) is 4. The van der Waals surface area contributed by atoms with E-state index < -0.39 is 0 Å². The van der Waals surface area contributed by atoms with Crippen molar-refractivity contribution in [3.63, 3.8) is 0 Å². The molecule has 0 amide bonds. The lowest BCUT2D eigenvalue weighted by Crippen LogP contribution is -2.18. The maximum atomic E-state index is 5.84. The van der Waals surface area contributed by atoms with Crippen molar-refractivity contribution in [1.29, 1.82) is 0 Å². The molecule has 120 valence electrons. The minimum atomic E-state index is 0.497. The van der Waals surface area contributed by atoms with Gasteiger partial charge in [-0.2, -0.15) is 0 Å². The van der Waals surface area contributed by atoms with Gasteiger partial charge in [-0.25, -0.2) is 0 Å². The van der Waals surface area contributed by atoms with E-state index in [1.807, 2.05) is 30.3 Å². The van der Waals surface area contributed by atoms with E-state index in [1.165, 1.54) is 5.56 Å². The first-order valence-corrected chi connectivity index (χ1v) is 7.72. The summed E-state index contributed by atoms with van der Waals surface area (Å²) in [7, 11) is 3.31. The van der Waals surface area contributed by atoms with Crippen molar-refractivity contribution in [2.75, 3.05) is 27.4 Å². The predicted octanol–water partition coefficient (Wildman–Crippen LogP) is 3.27. The smallest absolute Gasteiger partial charge is 0.161 e. The molecule has 0 saturated carbocycles. The second-order valence-corrected chi connectivity index (χ2v) is 5.42. The van der Waals surface area contributed by atoms with Gasteiger partial charge in [-0.1, -0.05) is 30.3 Å². The Labute approximate surface area is 136 Å². The lowest BCUT2D eigenvalue weighted by Gasteiger charge is -2.19. The first-order chi connectivity index (χ1) is 11.3. The molecule has 0 aromatic heterocycles. The van der Waals surface area contributed by atoms with E-state index in [9.17, 15) is 0 Å². The predicted molar refractivity (Wildman–Crippen MR) is 90.8 cm³/mol. The van der Waals surface area contributed by atoms with Gasteiger partial charge in [0.2, 0.25) is 0 Å². The van der Waals surface area contributed by atoms with E-state index >= 15 is 0 Å². The van der Waals surface area contributed by atoms with Gasteiger partial charge < -0.3 is 14.2 Å². The molecule has 0 atom stereocenters. The van der Waals surface area contributed by atoms with Crippen molar-refractivity contribution >= 4 is 5.71 Å². The largest absolute Gasteiger partial charge is 0.493 e. The van der Waals surface area contributed by atoms with Gasteiger partial charge in [-0.3, -0.25) is 4.99 Å². The third-order valence-electron chi connectivity index (χ3n) is 3.95. The van der Waals surface area contributed by atoms with E-state index in [2.05, 4.69) is 17.1 Å². The third kappa shape index (κ3) is 3.54. The van der Waals surface area contributed by atoms with Crippen LogP contribution in [0.2, 0.25) is 0 Å². The van der Waals surface area contributed by atoms with Gasteiger partial charge in [0.25, 0.3) is 0 Å². The zero-order valence-electron chi connectivity index (χ0n) is 13.5. The summed E-state index contributed by atoms with van der Waals surface area (Å²) >= 11 is 0. The molecule has 0 bridgehead atoms. The van der Waals surface area contributed by atoms with E-state index in [4.69, 9.17) is 14.2 Å². The Hall–Kier alpha value is -2.33. The summed E-state index contributed by atoms with van der Waals surface area (Å²) in [6.07, 6.45) is 0.915. The van der Waals surface area contributed by atoms with Gasteiger partial charge >= 0.3 is 0 Å². The van der Waals surface area contributed by atoms with E-state index in [0.717, 1.165) is 41.3 Å². The molecule has 0 radical (unpaired) electrons. The maximum absolute atomic E-state index is 5.84. The van der Waals surface area contributed by atoms with Crippen LogP contribution < -0.4 is 9.47 Å². The summed E-state index contributed by atoms with van der Waals surface area (Å²) in [5.74, 6) is 1.49. The minimum Gasteiger partial charge on any atom is -0.493 e. The fourth-order valence-corrected chi connectivity index (χ4v) is 2.76. The molecule has 0 aliphatic carbocycles. The molecule has 0 unspecified atom stereocenters. The van der Waals surface area contributed by atoms with Crippen LogP contribution in [-0.2, 0) is 17.8 Å². The zero-order valence-corrected chi connectivity index (χ0v) is 13.5. The Morgan fingerprint density at radius 3 is 2.43 bits per heavy atom. The number of rotatable bonds is 6. The van der Waals surface area contributed by atoms with Crippen LogP contribution in [0.25, 0.3) is 0 Å². The molecule has 0 spiro atoms. The average molecular weight is 311 g/mol. The van der Waals surface area contributed by atoms with Crippen LogP contribution in [0.5, 0.6) is 11.5 Å². The fraction of sp³-hybridized carbons (Fsp3) is 0.316. The van der Waals surface area contributed by atoms with Gasteiger partial charge in [0.1, 0.15) is 0 Å². The second-order valence-electron chi connectivity index (χ2n) is 5.42. The number of methoxy groups -OCH3 is 2. The molecule has 2 aromatic carbocycles. The molecule has 0 N–H and O–H groups in total. The molecule has 0 fully saturated rings. The Morgan fingerprint density at radius 1 is 0.957 bits per heavy atom. The summed E-state index contributed by atoms with van der Waals surface area (Å²) in [4.78, 5) is 4.63. The third-order valence-corrected chi connectivity index (χ3v) is 3.95. The van der Waals surface area contributed by atoms with Crippen LogP contribution in [0.1, 0.15) is 16.7 Å². The Kier molecular flexibility index (Phi) is 4.93. The molecule has 23 heavy (non-hydrogen) atoms. The van der Waals surface area contributed by atoms with Gasteiger partial charge in [0.15, 0.2) is 11.5 Å². The van der Waals surface area contributed by atoms with Crippen molar-refractivity contribution in [3.05, 3.63) is 59.2 Å². The minimum absolute atomic E-state index is 0.497. The Morgan fingerprint density at radius 2 is 1.70 bits per heavy atom. The topological polar surface area (TPSA) is 40.0 Å². The number of nitrogens with zero attached hydrogens (tertiary/aromatic N) is 1. The van der Waals surface area contributed by atoms with Crippen LogP contribution in [-0.4, -0.2) is 33.1 Å². The molecule has 2 aromatic rings. The molecule has 4 heteroatoms. The van der Waals surface area contributed by atoms with Gasteiger partial charge in [-0.05, 0) is 29.7 Å². The highest BCUT2D eigenvalue weighted by molar-refractivity contribution is 6.04. The SMILES string of the molecule is COc1cc2c(cc1OC)C(COCc1ccccc1)=NCC2. The van der Waals surface area contributed by atoms with Crippen LogP contribution in [0.4, 0.5) is 0 Å². The van der Waals surface area contributed by atoms with Crippen molar-refractivity contribution in [2.45, 2.75) is 13.0 Å². The molecule has 1 heterocycles. The van der Waals surface area contributed by atoms with E-state index in [-0.39, 0.29) is 0 Å². The van der Waals surface area contributed by atoms with Crippen molar-refractivity contribution in [3.8, 4) is 11.5 Å². The zero-order chi connectivity index (χ0) is 16.1. The van der Waals surface area contributed by atoms with Crippen LogP contribution in [0.3, 0.4) is 0 Å². The normalized spacial score (nSPS) is 13.2. The number of fused-ring (bicyclic) bond motifs is 1. The second kappa shape index (κ2) is 7.29. The summed E-state index contributed by atoms with van der Waals surface area (Å²) < 4.78 is 16.6. The molecule has 1 aliphatic rings. The standard InChI is InChI=1S/C19H21NO3/c1-21-18-10-15-8-9-20-17(16(15)11-19(18)22-2)13-23-12-14-6-4-3-5-7-14/h3-7,10-11H,8-9,12-13H2,1-2H3. The fourth-order valence-electron chi connectivity index (χ4n) is 2.76. The van der Waals surface area contributed by atoms with Crippen molar-refractivity contribution in [2.24, 2.45) is 4.99 Å². The summed E-state index contributed by atoms with van der Waals surface area (Å²) in [6, 6.07) is 14.2. The maximum Gasteiger partial charge on any atom is 0.161 e. The van der Waals surface area contributed by atoms with E-state index in [1.54, 1.807) is 14.2 Å². The van der Waals surface area contributed by atoms with Crippen LogP contribution in [0, 0.1) is 0 Å². The monoisotopic (exact) mass is 311 g/mol. The van der Waals surface area contributed by atoms with Crippen molar-refractivity contribution < 1.29 is 14.2 Å². The average Bonchev–Trinajstić information content (AvgIpc) is 2.61. The molecule has 4 nitrogen and oxygen atoms in total. The molecular weight excluding hydrogens is 290 g/mol. The highest BCUT2D eigenvalue weighted by Crippen LogP contribution is 2.32. The number of hydrogen-bond donors (Lipinski definition) is 0. The van der Waals surface area contributed by atoms with Crippen LogP contribution >= 0.6 is 0 Å². The molecule has 3 rings (SSSR count). The Bertz CT molecular complexity index is 695. The highest BCUT2D eigenvalue weighted by atomic mass is 16.5. The van der Waals surface area contributed by atoms with Crippen molar-refractivity contribution in [1.82, 2.24) is 0 Å². The molecule has 1 aliphatic heterocycles. The quantitative estimate of drug-likeness (QED) is 0.822. The van der Waals surface area contributed by atoms with E-state index in [0.29, 0.717) is 13.2 Å². The Balaban J connectivity index is 1.73. The first kappa shape index (κ1) is 15.6. The first-order valence-electron chi connectivity index (χ1n) is 7.72. The van der Waals surface area contributed by atoms with Gasteiger partial charge in [0, 0.05) is 12.1 Å². The summed E-state index contributed by atoms with van der Waals surface area (Å²) in [6.45, 7) is 1.87. The number of ether oxygens (including phenoxy) is 3. The van der Waals surface area contributed by atoms with Gasteiger partial charge in [0.05, 0.1) is 33.1 Å².